The Morgan fingerprint density at radius 2 is 1.54 bits per heavy atom. The summed E-state index contributed by atoms with van der Waals surface area (Å²) in [5.74, 6) is -1.44. The molecule has 3 aliphatic rings. The van der Waals surface area contributed by atoms with Crippen molar-refractivity contribution in [1.82, 2.24) is 15.5 Å². The Labute approximate surface area is 235 Å². The number of aliphatic hydroxyl groups excluding tert-OH is 1. The van der Waals surface area contributed by atoms with E-state index in [1.807, 2.05) is 74.5 Å². The van der Waals surface area contributed by atoms with Crippen LogP contribution in [-0.4, -0.2) is 55.9 Å². The number of carbonyl (C=O) groups excluding carboxylic acids is 3. The lowest BCUT2D eigenvalue weighted by atomic mass is 9.66. The molecule has 3 aliphatic heterocycles. The monoisotopic (exact) mass is 549 g/mol. The lowest BCUT2D eigenvalue weighted by Crippen LogP contribution is -2.56. The molecule has 3 amide bonds. The Bertz CT molecular complexity index is 1210. The van der Waals surface area contributed by atoms with Crippen molar-refractivity contribution in [3.05, 3.63) is 71.8 Å². The molecular weight excluding hydrogens is 510 g/mol. The van der Waals surface area contributed by atoms with Crippen molar-refractivity contribution in [1.29, 1.82) is 0 Å². The number of rotatable bonds is 10. The van der Waals surface area contributed by atoms with E-state index in [-0.39, 0.29) is 30.2 Å². The van der Waals surface area contributed by atoms with Gasteiger partial charge in [0.05, 0.1) is 29.2 Å². The molecule has 7 nitrogen and oxygen atoms in total. The van der Waals surface area contributed by atoms with Gasteiger partial charge >= 0.3 is 0 Å². The number of hydrogen-bond acceptors (Lipinski definition) is 5. The number of hydrogen-bond donors (Lipinski definition) is 3. The highest BCUT2D eigenvalue weighted by atomic mass is 32.2. The summed E-state index contributed by atoms with van der Waals surface area (Å²) in [6.07, 6.45) is 2.03. The topological polar surface area (TPSA) is 98.7 Å². The fraction of sp³-hybridized carbons (Fsp3) is 0.516. The zero-order valence-corrected chi connectivity index (χ0v) is 23.7. The van der Waals surface area contributed by atoms with Gasteiger partial charge in [0.2, 0.25) is 17.7 Å². The van der Waals surface area contributed by atoms with Crippen molar-refractivity contribution in [3.63, 3.8) is 0 Å². The third-order valence-electron chi connectivity index (χ3n) is 8.71. The van der Waals surface area contributed by atoms with E-state index < -0.39 is 33.4 Å². The van der Waals surface area contributed by atoms with Crippen molar-refractivity contribution in [2.75, 3.05) is 6.61 Å². The van der Waals surface area contributed by atoms with Crippen LogP contribution >= 0.6 is 11.8 Å². The summed E-state index contributed by atoms with van der Waals surface area (Å²) in [6, 6.07) is 18.2. The van der Waals surface area contributed by atoms with Crippen LogP contribution in [0.2, 0.25) is 0 Å². The molecule has 6 atom stereocenters. The summed E-state index contributed by atoms with van der Waals surface area (Å²) in [6.45, 7) is 6.70. The minimum absolute atomic E-state index is 0.136. The summed E-state index contributed by atoms with van der Waals surface area (Å²) in [7, 11) is 0. The quantitative estimate of drug-likeness (QED) is 0.421. The van der Waals surface area contributed by atoms with Gasteiger partial charge in [-0.05, 0) is 43.2 Å². The molecule has 1 spiro atoms. The third-order valence-corrected chi connectivity index (χ3v) is 10.7. The van der Waals surface area contributed by atoms with Crippen LogP contribution in [0.25, 0.3) is 0 Å². The Balaban J connectivity index is 1.46. The lowest BCUT2D eigenvalue weighted by molar-refractivity contribution is -0.143. The van der Waals surface area contributed by atoms with Gasteiger partial charge in [0.1, 0.15) is 6.04 Å². The van der Waals surface area contributed by atoms with E-state index >= 15 is 0 Å². The first kappa shape index (κ1) is 27.7. The van der Waals surface area contributed by atoms with E-state index in [2.05, 4.69) is 17.6 Å². The van der Waals surface area contributed by atoms with E-state index in [9.17, 15) is 19.5 Å². The standard InChI is InChI=1S/C31H39N3O4S/c1-20(2)16-23(19-35)34-26(28(37)33-18-22-12-8-5-9-13-22)31-15-14-30(3,39-31)24(25(31)29(34)38)27(36)32-17-21-10-6-4-7-11-21/h4-13,20,23-26,35H,14-19H2,1-3H3,(H,32,36)(H,33,37)/t23-,24-,25+,26?,30+,31?/m1/s1. The van der Waals surface area contributed by atoms with E-state index in [1.54, 1.807) is 16.7 Å². The predicted octanol–water partition coefficient (Wildman–Crippen LogP) is 3.51. The van der Waals surface area contributed by atoms with Crippen LogP contribution in [0.4, 0.5) is 0 Å². The van der Waals surface area contributed by atoms with Gasteiger partial charge in [-0.3, -0.25) is 14.4 Å². The maximum absolute atomic E-state index is 14.3. The van der Waals surface area contributed by atoms with Crippen molar-refractivity contribution >= 4 is 29.5 Å². The highest BCUT2D eigenvalue weighted by molar-refractivity contribution is 8.02. The molecule has 2 aromatic carbocycles. The van der Waals surface area contributed by atoms with Gasteiger partial charge in [0.15, 0.2) is 0 Å². The molecule has 5 rings (SSSR count). The number of likely N-dealkylation sites (tertiary alicyclic amines) is 1. The molecule has 3 N–H and O–H groups in total. The number of thioether (sulfide) groups is 1. The fourth-order valence-corrected chi connectivity index (χ4v) is 9.40. The molecule has 0 saturated carbocycles. The highest BCUT2D eigenvalue weighted by Crippen LogP contribution is 2.71. The third kappa shape index (κ3) is 4.97. The minimum Gasteiger partial charge on any atom is -0.394 e. The summed E-state index contributed by atoms with van der Waals surface area (Å²) < 4.78 is -1.14. The molecule has 2 bridgehead atoms. The summed E-state index contributed by atoms with van der Waals surface area (Å²) >= 11 is 1.66. The molecule has 208 valence electrons. The summed E-state index contributed by atoms with van der Waals surface area (Å²) in [4.78, 5) is 43.7. The number of carbonyl (C=O) groups is 3. The second kappa shape index (κ2) is 11.0. The molecule has 0 radical (unpaired) electrons. The first-order chi connectivity index (χ1) is 18.7. The van der Waals surface area contributed by atoms with Crippen LogP contribution in [0, 0.1) is 17.8 Å². The number of nitrogens with zero attached hydrogens (tertiary/aromatic N) is 1. The minimum atomic E-state index is -0.742. The van der Waals surface area contributed by atoms with E-state index in [0.29, 0.717) is 25.9 Å². The average Bonchev–Trinajstić information content (AvgIpc) is 3.50. The number of amides is 3. The van der Waals surface area contributed by atoms with Gasteiger partial charge in [-0.15, -0.1) is 11.8 Å². The van der Waals surface area contributed by atoms with Gasteiger partial charge in [-0.25, -0.2) is 0 Å². The predicted molar refractivity (Wildman–Crippen MR) is 152 cm³/mol. The zero-order chi connectivity index (χ0) is 27.8. The smallest absolute Gasteiger partial charge is 0.244 e. The number of aliphatic hydroxyl groups is 1. The lowest BCUT2D eigenvalue weighted by Gasteiger charge is -2.37. The molecule has 2 aromatic rings. The second-order valence-corrected chi connectivity index (χ2v) is 13.7. The van der Waals surface area contributed by atoms with Crippen molar-refractivity contribution in [3.8, 4) is 0 Å². The molecule has 0 aliphatic carbocycles. The van der Waals surface area contributed by atoms with Crippen LogP contribution in [0.5, 0.6) is 0 Å². The Hall–Kier alpha value is -2.84. The molecule has 3 heterocycles. The number of benzene rings is 2. The number of fused-ring (bicyclic) bond motifs is 1. The van der Waals surface area contributed by atoms with Crippen molar-refractivity contribution in [2.24, 2.45) is 17.8 Å². The second-order valence-electron chi connectivity index (χ2n) is 11.8. The normalized spacial score (nSPS) is 29.9. The summed E-state index contributed by atoms with van der Waals surface area (Å²) in [5.41, 5.74) is 1.97. The molecule has 39 heavy (non-hydrogen) atoms. The zero-order valence-electron chi connectivity index (χ0n) is 22.9. The largest absolute Gasteiger partial charge is 0.394 e. The maximum atomic E-state index is 14.3. The highest BCUT2D eigenvalue weighted by Gasteiger charge is 2.77. The van der Waals surface area contributed by atoms with Crippen LogP contribution < -0.4 is 10.6 Å². The van der Waals surface area contributed by atoms with Gasteiger partial charge in [0, 0.05) is 17.8 Å². The van der Waals surface area contributed by atoms with Gasteiger partial charge < -0.3 is 20.6 Å². The van der Waals surface area contributed by atoms with Crippen LogP contribution in [-0.2, 0) is 27.5 Å². The molecule has 3 saturated heterocycles. The van der Waals surface area contributed by atoms with E-state index in [4.69, 9.17) is 0 Å². The molecule has 2 unspecified atom stereocenters. The number of nitrogens with one attached hydrogen (secondary N) is 2. The Morgan fingerprint density at radius 3 is 2.08 bits per heavy atom. The van der Waals surface area contributed by atoms with Gasteiger partial charge in [0.25, 0.3) is 0 Å². The van der Waals surface area contributed by atoms with E-state index in [0.717, 1.165) is 17.5 Å². The first-order valence-electron chi connectivity index (χ1n) is 14.0. The Kier molecular flexibility index (Phi) is 7.80. The first-order valence-corrected chi connectivity index (χ1v) is 14.8. The van der Waals surface area contributed by atoms with Crippen molar-refractivity contribution < 1.29 is 19.5 Å². The molecule has 8 heteroatoms. The average molecular weight is 550 g/mol. The van der Waals surface area contributed by atoms with Crippen LogP contribution in [0.3, 0.4) is 0 Å². The van der Waals surface area contributed by atoms with Crippen molar-refractivity contribution in [2.45, 2.75) is 74.7 Å². The van der Waals surface area contributed by atoms with E-state index in [1.165, 1.54) is 0 Å². The molecule has 3 fully saturated rings. The SMILES string of the molecule is CC(C)C[C@H](CO)N1C(=O)[C@@H]2[C@H](C(=O)NCc3ccccc3)[C@]3(C)CCC2(S3)C1C(=O)NCc1ccccc1. The van der Waals surface area contributed by atoms with Gasteiger partial charge in [-0.2, -0.15) is 0 Å². The van der Waals surface area contributed by atoms with Gasteiger partial charge in [-0.1, -0.05) is 74.5 Å². The summed E-state index contributed by atoms with van der Waals surface area (Å²) in [5, 5.41) is 16.6. The maximum Gasteiger partial charge on any atom is 0.244 e. The Morgan fingerprint density at radius 1 is 0.974 bits per heavy atom. The van der Waals surface area contributed by atoms with Crippen LogP contribution in [0.1, 0.15) is 51.2 Å². The fourth-order valence-electron chi connectivity index (χ4n) is 7.05. The molecule has 0 aromatic heterocycles. The molecular formula is C31H39N3O4S. The van der Waals surface area contributed by atoms with Crippen LogP contribution in [0.15, 0.2) is 60.7 Å².